The van der Waals surface area contributed by atoms with Crippen molar-refractivity contribution in [3.05, 3.63) is 47.3 Å². The first-order valence-corrected chi connectivity index (χ1v) is 7.45. The number of nitrogens with zero attached hydrogens (tertiary/aromatic N) is 2. The third kappa shape index (κ3) is 3.49. The van der Waals surface area contributed by atoms with Gasteiger partial charge in [0, 0.05) is 42.8 Å². The minimum absolute atomic E-state index is 0.0129. The zero-order valence-corrected chi connectivity index (χ0v) is 12.5. The van der Waals surface area contributed by atoms with Gasteiger partial charge in [-0.3, -0.25) is 9.48 Å². The van der Waals surface area contributed by atoms with E-state index < -0.39 is 0 Å². The monoisotopic (exact) mass is 290 g/mol. The van der Waals surface area contributed by atoms with Crippen molar-refractivity contribution in [2.24, 2.45) is 7.05 Å². The highest BCUT2D eigenvalue weighted by Crippen LogP contribution is 2.25. The molecule has 0 aliphatic heterocycles. The average Bonchev–Trinajstić information content (AvgIpc) is 2.79. The number of aryl methyl sites for hydroxylation is 1. The van der Waals surface area contributed by atoms with Gasteiger partial charge < -0.3 is 5.11 Å². The van der Waals surface area contributed by atoms with E-state index in [-0.39, 0.29) is 12.4 Å². The molecule has 2 rings (SSSR count). The Morgan fingerprint density at radius 2 is 2.10 bits per heavy atom. The molecule has 1 aromatic carbocycles. The molecule has 0 bridgehead atoms. The molecule has 0 unspecified atom stereocenters. The predicted molar refractivity (Wildman–Crippen MR) is 80.3 cm³/mol. The van der Waals surface area contributed by atoms with E-state index in [2.05, 4.69) is 11.2 Å². The number of rotatable bonds is 6. The van der Waals surface area contributed by atoms with Gasteiger partial charge in [0.1, 0.15) is 5.69 Å². The molecule has 0 aliphatic carbocycles. The van der Waals surface area contributed by atoms with Crippen LogP contribution in [0.25, 0.3) is 0 Å². The summed E-state index contributed by atoms with van der Waals surface area (Å²) in [5, 5.41) is 13.2. The maximum Gasteiger partial charge on any atom is 0.180 e. The molecular formula is C15H18N2O2S. The van der Waals surface area contributed by atoms with Crippen LogP contribution >= 0.6 is 11.8 Å². The molecule has 4 nitrogen and oxygen atoms in total. The summed E-state index contributed by atoms with van der Waals surface area (Å²) in [7, 11) is 1.82. The van der Waals surface area contributed by atoms with Crippen molar-refractivity contribution in [2.75, 3.05) is 12.4 Å². The maximum absolute atomic E-state index is 11.6. The minimum Gasteiger partial charge on any atom is -0.396 e. The third-order valence-corrected chi connectivity index (χ3v) is 4.04. The maximum atomic E-state index is 11.6. The molecule has 5 heteroatoms. The largest absolute Gasteiger partial charge is 0.396 e. The minimum atomic E-state index is -0.0129. The van der Waals surface area contributed by atoms with Crippen molar-refractivity contribution < 1.29 is 9.90 Å². The van der Waals surface area contributed by atoms with Crippen molar-refractivity contribution in [3.63, 3.8) is 0 Å². The molecule has 0 atom stereocenters. The highest BCUT2D eigenvalue weighted by atomic mass is 32.2. The molecular weight excluding hydrogens is 272 g/mol. The van der Waals surface area contributed by atoms with E-state index in [1.165, 1.54) is 6.92 Å². The van der Waals surface area contributed by atoms with Gasteiger partial charge in [-0.2, -0.15) is 5.10 Å². The summed E-state index contributed by atoms with van der Waals surface area (Å²) >= 11 is 1.63. The number of aliphatic hydroxyl groups excluding tert-OH is 1. The van der Waals surface area contributed by atoms with Crippen LogP contribution in [0.4, 0.5) is 0 Å². The molecule has 106 valence electrons. The van der Waals surface area contributed by atoms with Gasteiger partial charge in [0.15, 0.2) is 5.78 Å². The summed E-state index contributed by atoms with van der Waals surface area (Å²) in [5.74, 6) is 0.657. The first kappa shape index (κ1) is 14.8. The van der Waals surface area contributed by atoms with Crippen LogP contribution in [0.3, 0.4) is 0 Å². The van der Waals surface area contributed by atoms with E-state index in [0.29, 0.717) is 17.9 Å². The van der Waals surface area contributed by atoms with E-state index in [1.54, 1.807) is 16.4 Å². The number of thioether (sulfide) groups is 1. The zero-order valence-electron chi connectivity index (χ0n) is 11.7. The van der Waals surface area contributed by atoms with Crippen LogP contribution in [0.15, 0.2) is 35.4 Å². The van der Waals surface area contributed by atoms with Crippen LogP contribution in [-0.4, -0.2) is 33.0 Å². The second-order valence-corrected chi connectivity index (χ2v) is 5.73. The van der Waals surface area contributed by atoms with Crippen LogP contribution in [0.2, 0.25) is 0 Å². The summed E-state index contributed by atoms with van der Waals surface area (Å²) in [6, 6.07) is 8.07. The van der Waals surface area contributed by atoms with E-state index in [1.807, 2.05) is 31.4 Å². The molecule has 1 heterocycles. The van der Waals surface area contributed by atoms with E-state index in [0.717, 1.165) is 16.0 Å². The number of ketones is 1. The highest BCUT2D eigenvalue weighted by Gasteiger charge is 2.14. The zero-order chi connectivity index (χ0) is 14.5. The fourth-order valence-corrected chi connectivity index (χ4v) is 2.93. The van der Waals surface area contributed by atoms with Gasteiger partial charge in [-0.05, 0) is 11.6 Å². The van der Waals surface area contributed by atoms with Crippen LogP contribution in [-0.2, 0) is 13.5 Å². The lowest BCUT2D eigenvalue weighted by molar-refractivity contribution is 0.101. The average molecular weight is 290 g/mol. The van der Waals surface area contributed by atoms with Crippen LogP contribution in [0, 0.1) is 0 Å². The van der Waals surface area contributed by atoms with Gasteiger partial charge in [-0.25, -0.2) is 0 Å². The lowest BCUT2D eigenvalue weighted by atomic mass is 10.0. The molecule has 0 saturated carbocycles. The lowest BCUT2D eigenvalue weighted by Gasteiger charge is -2.08. The Labute approximate surface area is 122 Å². The van der Waals surface area contributed by atoms with E-state index in [9.17, 15) is 4.79 Å². The topological polar surface area (TPSA) is 55.1 Å². The Morgan fingerprint density at radius 1 is 1.35 bits per heavy atom. The van der Waals surface area contributed by atoms with Crippen LogP contribution in [0.5, 0.6) is 0 Å². The smallest absolute Gasteiger partial charge is 0.180 e. The van der Waals surface area contributed by atoms with Crippen molar-refractivity contribution in [1.82, 2.24) is 9.78 Å². The van der Waals surface area contributed by atoms with Crippen molar-refractivity contribution >= 4 is 17.5 Å². The van der Waals surface area contributed by atoms with Crippen molar-refractivity contribution in [3.8, 4) is 0 Å². The summed E-state index contributed by atoms with van der Waals surface area (Å²) in [4.78, 5) is 12.8. The van der Waals surface area contributed by atoms with Gasteiger partial charge >= 0.3 is 0 Å². The molecule has 0 amide bonds. The first-order chi connectivity index (χ1) is 9.61. The Bertz CT molecular complexity index is 608. The normalized spacial score (nSPS) is 10.8. The SMILES string of the molecule is CC(=O)c1nn(C)cc1Cc1ccccc1SCCO. The molecule has 0 radical (unpaired) electrons. The van der Waals surface area contributed by atoms with Crippen molar-refractivity contribution in [1.29, 1.82) is 0 Å². The highest BCUT2D eigenvalue weighted by molar-refractivity contribution is 7.99. The second kappa shape index (κ2) is 6.72. The molecule has 0 fully saturated rings. The third-order valence-electron chi connectivity index (χ3n) is 2.94. The van der Waals surface area contributed by atoms with Gasteiger partial charge in [-0.15, -0.1) is 11.8 Å². The Kier molecular flexibility index (Phi) is 4.98. The quantitative estimate of drug-likeness (QED) is 0.655. The molecule has 0 aliphatic rings. The number of carbonyl (C=O) groups excluding carboxylic acids is 1. The number of aliphatic hydroxyl groups is 1. The van der Waals surface area contributed by atoms with Crippen molar-refractivity contribution in [2.45, 2.75) is 18.2 Å². The van der Waals surface area contributed by atoms with Gasteiger partial charge in [0.05, 0.1) is 6.61 Å². The van der Waals surface area contributed by atoms with Crippen LogP contribution in [0.1, 0.15) is 28.5 Å². The number of hydrogen-bond donors (Lipinski definition) is 1. The Balaban J connectivity index is 2.28. The summed E-state index contributed by atoms with van der Waals surface area (Å²) in [6.45, 7) is 1.70. The fraction of sp³-hybridized carbons (Fsp3) is 0.333. The standard InChI is InChI=1S/C15H18N2O2S/c1-11(19)15-13(10-17(2)16-15)9-12-5-3-4-6-14(12)20-8-7-18/h3-6,10,18H,7-9H2,1-2H3. The number of benzene rings is 1. The number of hydrogen-bond acceptors (Lipinski definition) is 4. The summed E-state index contributed by atoms with van der Waals surface area (Å²) in [5.41, 5.74) is 2.63. The molecule has 2 aromatic rings. The number of carbonyl (C=O) groups is 1. The molecule has 1 N–H and O–H groups in total. The fourth-order valence-electron chi connectivity index (χ4n) is 2.11. The first-order valence-electron chi connectivity index (χ1n) is 6.47. The second-order valence-electron chi connectivity index (χ2n) is 4.59. The lowest BCUT2D eigenvalue weighted by Crippen LogP contribution is -2.00. The molecule has 1 aromatic heterocycles. The molecule has 0 saturated heterocycles. The van der Waals surface area contributed by atoms with Crippen LogP contribution < -0.4 is 0 Å². The Hall–Kier alpha value is -1.59. The predicted octanol–water partition coefficient (Wildman–Crippen LogP) is 2.30. The number of aromatic nitrogens is 2. The van der Waals surface area contributed by atoms with Gasteiger partial charge in [0.25, 0.3) is 0 Å². The summed E-state index contributed by atoms with van der Waals surface area (Å²) < 4.78 is 1.68. The number of Topliss-reactive ketones (excluding diaryl/α,β-unsaturated/α-hetero) is 1. The van der Waals surface area contributed by atoms with Gasteiger partial charge in [-0.1, -0.05) is 18.2 Å². The van der Waals surface area contributed by atoms with E-state index >= 15 is 0 Å². The molecule has 0 spiro atoms. The van der Waals surface area contributed by atoms with E-state index in [4.69, 9.17) is 5.11 Å². The van der Waals surface area contributed by atoms with Gasteiger partial charge in [0.2, 0.25) is 0 Å². The summed E-state index contributed by atoms with van der Waals surface area (Å²) in [6.07, 6.45) is 2.57. The molecule has 20 heavy (non-hydrogen) atoms. The Morgan fingerprint density at radius 3 is 2.80 bits per heavy atom.